The number of benzene rings is 2. The number of hydrogen-bond donors (Lipinski definition) is 1. The van der Waals surface area contributed by atoms with E-state index in [9.17, 15) is 4.79 Å². The molecule has 0 saturated carbocycles. The van der Waals surface area contributed by atoms with E-state index in [1.165, 1.54) is 18.5 Å². The van der Waals surface area contributed by atoms with Crippen molar-refractivity contribution in [2.75, 3.05) is 29.9 Å². The van der Waals surface area contributed by atoms with Crippen LogP contribution in [0.5, 0.6) is 5.75 Å². The van der Waals surface area contributed by atoms with Gasteiger partial charge in [-0.25, -0.2) is 0 Å². The predicted molar refractivity (Wildman–Crippen MR) is 106 cm³/mol. The first-order valence-electron chi connectivity index (χ1n) is 8.26. The summed E-state index contributed by atoms with van der Waals surface area (Å²) in [6.07, 6.45) is 2.49. The predicted octanol–water partition coefficient (Wildman–Crippen LogP) is 5.03. The maximum absolute atomic E-state index is 12.2. The Morgan fingerprint density at radius 3 is 2.68 bits per heavy atom. The van der Waals surface area contributed by atoms with Crippen molar-refractivity contribution in [2.45, 2.75) is 19.8 Å². The van der Waals surface area contributed by atoms with E-state index in [0.717, 1.165) is 28.8 Å². The molecule has 3 rings (SSSR count). The zero-order valence-corrected chi connectivity index (χ0v) is 16.4. The molecule has 0 bridgehead atoms. The Hall–Kier alpha value is -1.72. The summed E-state index contributed by atoms with van der Waals surface area (Å²) >= 11 is 9.27. The standard InChI is InChI=1S/C19H20BrClN2O2/c1-13-10-15(23-8-2-3-9-23)5-6-17(13)22-19(24)12-25-18-7-4-14(21)11-16(18)20/h4-7,10-11H,2-3,8-9,12H2,1H3,(H,22,24). The molecule has 0 atom stereocenters. The zero-order chi connectivity index (χ0) is 17.8. The lowest BCUT2D eigenvalue weighted by Crippen LogP contribution is -2.21. The van der Waals surface area contributed by atoms with Gasteiger partial charge in [0.15, 0.2) is 6.61 Å². The van der Waals surface area contributed by atoms with Gasteiger partial charge >= 0.3 is 0 Å². The molecular weight excluding hydrogens is 404 g/mol. The number of anilines is 2. The second kappa shape index (κ2) is 8.11. The van der Waals surface area contributed by atoms with Gasteiger partial charge in [-0.05, 0) is 77.7 Å². The molecule has 2 aromatic rings. The number of rotatable bonds is 5. The van der Waals surface area contributed by atoms with Gasteiger partial charge in [-0.3, -0.25) is 4.79 Å². The van der Waals surface area contributed by atoms with E-state index in [1.54, 1.807) is 18.2 Å². The van der Waals surface area contributed by atoms with Gasteiger partial charge in [0.1, 0.15) is 5.75 Å². The van der Waals surface area contributed by atoms with Crippen LogP contribution in [0, 0.1) is 6.92 Å². The Kier molecular flexibility index (Phi) is 5.86. The van der Waals surface area contributed by atoms with E-state index in [4.69, 9.17) is 16.3 Å². The van der Waals surface area contributed by atoms with Gasteiger partial charge in [-0.2, -0.15) is 0 Å². The average molecular weight is 424 g/mol. The molecule has 1 heterocycles. The molecule has 6 heteroatoms. The van der Waals surface area contributed by atoms with Crippen molar-refractivity contribution in [3.63, 3.8) is 0 Å². The summed E-state index contributed by atoms with van der Waals surface area (Å²) < 4.78 is 6.27. The van der Waals surface area contributed by atoms with Crippen molar-refractivity contribution in [3.05, 3.63) is 51.5 Å². The van der Waals surface area contributed by atoms with Gasteiger partial charge in [0.2, 0.25) is 0 Å². The van der Waals surface area contributed by atoms with Crippen LogP contribution in [0.4, 0.5) is 11.4 Å². The van der Waals surface area contributed by atoms with Gasteiger partial charge in [0, 0.05) is 29.5 Å². The number of aryl methyl sites for hydroxylation is 1. The first kappa shape index (κ1) is 18.1. The highest BCUT2D eigenvalue weighted by molar-refractivity contribution is 9.10. The number of hydrogen-bond acceptors (Lipinski definition) is 3. The quantitative estimate of drug-likeness (QED) is 0.733. The molecular formula is C19H20BrClN2O2. The van der Waals surface area contributed by atoms with Crippen LogP contribution in [0.1, 0.15) is 18.4 Å². The van der Waals surface area contributed by atoms with Gasteiger partial charge in [0.25, 0.3) is 5.91 Å². The molecule has 0 unspecified atom stereocenters. The summed E-state index contributed by atoms with van der Waals surface area (Å²) in [6, 6.07) is 11.3. The van der Waals surface area contributed by atoms with Crippen molar-refractivity contribution < 1.29 is 9.53 Å². The van der Waals surface area contributed by atoms with E-state index in [-0.39, 0.29) is 12.5 Å². The van der Waals surface area contributed by atoms with E-state index >= 15 is 0 Å². The highest BCUT2D eigenvalue weighted by Gasteiger charge is 2.14. The van der Waals surface area contributed by atoms with Crippen LogP contribution >= 0.6 is 27.5 Å². The molecule has 4 nitrogen and oxygen atoms in total. The summed E-state index contributed by atoms with van der Waals surface area (Å²) in [4.78, 5) is 14.5. The SMILES string of the molecule is Cc1cc(N2CCCC2)ccc1NC(=O)COc1ccc(Cl)cc1Br. The molecule has 0 spiro atoms. The molecule has 0 aliphatic carbocycles. The third kappa shape index (κ3) is 4.67. The van der Waals surface area contributed by atoms with E-state index in [1.807, 2.05) is 13.0 Å². The van der Waals surface area contributed by atoms with Crippen LogP contribution in [0.2, 0.25) is 5.02 Å². The van der Waals surface area contributed by atoms with E-state index in [0.29, 0.717) is 10.8 Å². The molecule has 0 aromatic heterocycles. The third-order valence-electron chi connectivity index (χ3n) is 4.21. The van der Waals surface area contributed by atoms with Crippen LogP contribution in [0.3, 0.4) is 0 Å². The van der Waals surface area contributed by atoms with Crippen molar-refractivity contribution in [2.24, 2.45) is 0 Å². The van der Waals surface area contributed by atoms with Gasteiger partial charge in [-0.15, -0.1) is 0 Å². The van der Waals surface area contributed by atoms with Crippen molar-refractivity contribution in [1.29, 1.82) is 0 Å². The van der Waals surface area contributed by atoms with Crippen molar-refractivity contribution in [1.82, 2.24) is 0 Å². The molecule has 0 radical (unpaired) electrons. The van der Waals surface area contributed by atoms with Crippen LogP contribution in [0.25, 0.3) is 0 Å². The fourth-order valence-corrected chi connectivity index (χ4v) is 3.68. The zero-order valence-electron chi connectivity index (χ0n) is 14.0. The first-order chi connectivity index (χ1) is 12.0. The maximum Gasteiger partial charge on any atom is 0.262 e. The molecule has 1 saturated heterocycles. The van der Waals surface area contributed by atoms with Crippen LogP contribution < -0.4 is 15.0 Å². The lowest BCUT2D eigenvalue weighted by Gasteiger charge is -2.19. The minimum atomic E-state index is -0.195. The monoisotopic (exact) mass is 422 g/mol. The number of nitrogens with one attached hydrogen (secondary N) is 1. The average Bonchev–Trinajstić information content (AvgIpc) is 3.10. The smallest absolute Gasteiger partial charge is 0.262 e. The van der Waals surface area contributed by atoms with Crippen LogP contribution in [-0.2, 0) is 4.79 Å². The molecule has 2 aromatic carbocycles. The number of amides is 1. The Bertz CT molecular complexity index is 776. The Morgan fingerprint density at radius 1 is 1.24 bits per heavy atom. The highest BCUT2D eigenvalue weighted by Crippen LogP contribution is 2.28. The van der Waals surface area contributed by atoms with Crippen molar-refractivity contribution in [3.8, 4) is 5.75 Å². The molecule has 1 amide bonds. The van der Waals surface area contributed by atoms with E-state index in [2.05, 4.69) is 38.3 Å². The fraction of sp³-hybridized carbons (Fsp3) is 0.316. The number of nitrogens with zero attached hydrogens (tertiary/aromatic N) is 1. The number of halogens is 2. The van der Waals surface area contributed by atoms with Gasteiger partial charge in [0.05, 0.1) is 4.47 Å². The second-order valence-electron chi connectivity index (χ2n) is 6.10. The number of ether oxygens (including phenoxy) is 1. The normalized spacial score (nSPS) is 13.8. The summed E-state index contributed by atoms with van der Waals surface area (Å²) in [6.45, 7) is 4.16. The summed E-state index contributed by atoms with van der Waals surface area (Å²) in [7, 11) is 0. The largest absolute Gasteiger partial charge is 0.483 e. The maximum atomic E-state index is 12.2. The first-order valence-corrected chi connectivity index (χ1v) is 9.43. The summed E-state index contributed by atoms with van der Waals surface area (Å²) in [5, 5.41) is 3.51. The molecule has 1 N–H and O–H groups in total. The fourth-order valence-electron chi connectivity index (χ4n) is 2.88. The number of carbonyl (C=O) groups is 1. The second-order valence-corrected chi connectivity index (χ2v) is 7.40. The summed E-state index contributed by atoms with van der Waals surface area (Å²) in [5.41, 5.74) is 3.08. The minimum absolute atomic E-state index is 0.0620. The Balaban J connectivity index is 1.58. The minimum Gasteiger partial charge on any atom is -0.483 e. The molecule has 1 aliphatic heterocycles. The Morgan fingerprint density at radius 2 is 2.00 bits per heavy atom. The van der Waals surface area contributed by atoms with Crippen molar-refractivity contribution >= 4 is 44.8 Å². The lowest BCUT2D eigenvalue weighted by atomic mass is 10.1. The van der Waals surface area contributed by atoms with Crippen LogP contribution in [-0.4, -0.2) is 25.6 Å². The summed E-state index contributed by atoms with van der Waals surface area (Å²) in [5.74, 6) is 0.388. The van der Waals surface area contributed by atoms with Gasteiger partial charge < -0.3 is 15.0 Å². The Labute approximate surface area is 161 Å². The lowest BCUT2D eigenvalue weighted by molar-refractivity contribution is -0.118. The third-order valence-corrected chi connectivity index (χ3v) is 5.06. The highest BCUT2D eigenvalue weighted by atomic mass is 79.9. The topological polar surface area (TPSA) is 41.6 Å². The molecule has 1 fully saturated rings. The van der Waals surface area contributed by atoms with Crippen LogP contribution in [0.15, 0.2) is 40.9 Å². The molecule has 1 aliphatic rings. The van der Waals surface area contributed by atoms with E-state index < -0.39 is 0 Å². The number of carbonyl (C=O) groups excluding carboxylic acids is 1. The molecule has 132 valence electrons. The van der Waals surface area contributed by atoms with Gasteiger partial charge in [-0.1, -0.05) is 11.6 Å². The molecule has 25 heavy (non-hydrogen) atoms.